The lowest BCUT2D eigenvalue weighted by molar-refractivity contribution is -0.134. The van der Waals surface area contributed by atoms with Crippen LogP contribution in [-0.2, 0) is 9.53 Å². The summed E-state index contributed by atoms with van der Waals surface area (Å²) in [6.45, 7) is 1.89. The van der Waals surface area contributed by atoms with Crippen LogP contribution < -0.4 is 5.43 Å². The first-order chi connectivity index (χ1) is 8.04. The van der Waals surface area contributed by atoms with Gasteiger partial charge in [0.1, 0.15) is 0 Å². The van der Waals surface area contributed by atoms with Gasteiger partial charge in [-0.05, 0) is 25.1 Å². The molecule has 1 rings (SSSR count). The standard InChI is InChI=1S/C10H9Cl3N2O2/c1-2-17-10(16)9(13)15-14-8-5-6(11)3-4-7(8)12/h3-5,14H,2H2,1H3/b15-9-. The molecular weight excluding hydrogens is 286 g/mol. The summed E-state index contributed by atoms with van der Waals surface area (Å²) >= 11 is 17.2. The predicted molar refractivity (Wildman–Crippen MR) is 70.0 cm³/mol. The summed E-state index contributed by atoms with van der Waals surface area (Å²) in [6.07, 6.45) is 0. The van der Waals surface area contributed by atoms with E-state index in [0.717, 1.165) is 0 Å². The third kappa shape index (κ3) is 4.42. The van der Waals surface area contributed by atoms with Crippen molar-refractivity contribution >= 4 is 51.6 Å². The van der Waals surface area contributed by atoms with Crippen molar-refractivity contribution in [3.8, 4) is 0 Å². The van der Waals surface area contributed by atoms with E-state index in [1.54, 1.807) is 25.1 Å². The van der Waals surface area contributed by atoms with Gasteiger partial charge in [-0.15, -0.1) is 0 Å². The van der Waals surface area contributed by atoms with Gasteiger partial charge in [-0.25, -0.2) is 4.79 Å². The number of hydrogen-bond donors (Lipinski definition) is 1. The molecule has 17 heavy (non-hydrogen) atoms. The second-order valence-electron chi connectivity index (χ2n) is 2.86. The largest absolute Gasteiger partial charge is 0.461 e. The average molecular weight is 296 g/mol. The molecule has 0 radical (unpaired) electrons. The van der Waals surface area contributed by atoms with Gasteiger partial charge in [0.05, 0.1) is 17.3 Å². The van der Waals surface area contributed by atoms with E-state index < -0.39 is 5.97 Å². The highest BCUT2D eigenvalue weighted by Gasteiger charge is 2.09. The first kappa shape index (κ1) is 14.1. The Kier molecular flexibility index (Phi) is 5.55. The van der Waals surface area contributed by atoms with Crippen LogP contribution in [0.5, 0.6) is 0 Å². The summed E-state index contributed by atoms with van der Waals surface area (Å²) in [6, 6.07) is 4.79. The molecule has 1 N–H and O–H groups in total. The normalized spacial score (nSPS) is 11.2. The Morgan fingerprint density at radius 1 is 1.47 bits per heavy atom. The number of rotatable bonds is 4. The molecule has 0 bridgehead atoms. The van der Waals surface area contributed by atoms with Crippen LogP contribution in [0.1, 0.15) is 6.92 Å². The summed E-state index contributed by atoms with van der Waals surface area (Å²) in [7, 11) is 0. The lowest BCUT2D eigenvalue weighted by Crippen LogP contribution is -2.13. The fourth-order valence-corrected chi connectivity index (χ4v) is 1.36. The summed E-state index contributed by atoms with van der Waals surface area (Å²) < 4.78 is 4.65. The molecule has 0 atom stereocenters. The number of carbonyl (C=O) groups excluding carboxylic acids is 1. The molecule has 0 aliphatic heterocycles. The zero-order valence-corrected chi connectivity index (χ0v) is 11.1. The van der Waals surface area contributed by atoms with Crippen molar-refractivity contribution in [2.45, 2.75) is 6.92 Å². The summed E-state index contributed by atoms with van der Waals surface area (Å²) in [5.74, 6) is -0.709. The number of benzene rings is 1. The summed E-state index contributed by atoms with van der Waals surface area (Å²) in [4.78, 5) is 11.1. The topological polar surface area (TPSA) is 50.7 Å². The van der Waals surface area contributed by atoms with Crippen molar-refractivity contribution in [2.24, 2.45) is 5.10 Å². The van der Waals surface area contributed by atoms with Gasteiger partial charge in [0, 0.05) is 5.02 Å². The number of hydrazone groups is 1. The monoisotopic (exact) mass is 294 g/mol. The lowest BCUT2D eigenvalue weighted by atomic mass is 10.3. The van der Waals surface area contributed by atoms with Gasteiger partial charge in [0.15, 0.2) is 0 Å². The molecule has 0 fully saturated rings. The molecule has 0 unspecified atom stereocenters. The van der Waals surface area contributed by atoms with Gasteiger partial charge in [-0.2, -0.15) is 5.10 Å². The summed E-state index contributed by atoms with van der Waals surface area (Å²) in [5, 5.41) is 4.21. The maximum absolute atomic E-state index is 11.1. The fourth-order valence-electron chi connectivity index (χ4n) is 0.929. The van der Waals surface area contributed by atoms with E-state index in [-0.39, 0.29) is 11.8 Å². The van der Waals surface area contributed by atoms with Crippen LogP contribution in [-0.4, -0.2) is 17.7 Å². The second kappa shape index (κ2) is 6.69. The molecule has 1 aromatic rings. The highest BCUT2D eigenvalue weighted by atomic mass is 35.5. The minimum absolute atomic E-state index is 0.225. The molecule has 92 valence electrons. The molecule has 7 heteroatoms. The van der Waals surface area contributed by atoms with Gasteiger partial charge in [0.25, 0.3) is 0 Å². The quantitative estimate of drug-likeness (QED) is 0.525. The van der Waals surface area contributed by atoms with E-state index in [9.17, 15) is 4.79 Å². The van der Waals surface area contributed by atoms with E-state index in [1.165, 1.54) is 0 Å². The number of halogens is 3. The van der Waals surface area contributed by atoms with Gasteiger partial charge in [-0.3, -0.25) is 5.43 Å². The number of esters is 1. The van der Waals surface area contributed by atoms with Crippen LogP contribution in [0.3, 0.4) is 0 Å². The van der Waals surface area contributed by atoms with E-state index in [4.69, 9.17) is 34.8 Å². The van der Waals surface area contributed by atoms with Crippen LogP contribution in [0.15, 0.2) is 23.3 Å². The number of hydrogen-bond acceptors (Lipinski definition) is 4. The second-order valence-corrected chi connectivity index (χ2v) is 4.06. The minimum atomic E-state index is -0.709. The van der Waals surface area contributed by atoms with E-state index in [0.29, 0.717) is 15.7 Å². The molecule has 1 aromatic carbocycles. The fraction of sp³-hybridized carbons (Fsp3) is 0.200. The third-order valence-corrected chi connectivity index (χ3v) is 2.45. The molecule has 0 saturated carbocycles. The van der Waals surface area contributed by atoms with Gasteiger partial charge in [0.2, 0.25) is 5.17 Å². The first-order valence-corrected chi connectivity index (χ1v) is 5.79. The van der Waals surface area contributed by atoms with Crippen LogP contribution in [0.2, 0.25) is 10.0 Å². The van der Waals surface area contributed by atoms with Gasteiger partial charge in [-0.1, -0.05) is 34.8 Å². The molecule has 0 aromatic heterocycles. The van der Waals surface area contributed by atoms with Gasteiger partial charge < -0.3 is 4.74 Å². The van der Waals surface area contributed by atoms with Crippen LogP contribution in [0, 0.1) is 0 Å². The SMILES string of the molecule is CCOC(=O)/C(Cl)=N/Nc1cc(Cl)ccc1Cl. The Labute approximate surface area is 113 Å². The molecule has 0 saturated heterocycles. The van der Waals surface area contributed by atoms with Crippen LogP contribution >= 0.6 is 34.8 Å². The van der Waals surface area contributed by atoms with Crippen molar-refractivity contribution in [1.29, 1.82) is 0 Å². The maximum atomic E-state index is 11.1. The van der Waals surface area contributed by atoms with Crippen molar-refractivity contribution in [1.82, 2.24) is 0 Å². The average Bonchev–Trinajstić information content (AvgIpc) is 2.30. The Morgan fingerprint density at radius 3 is 2.82 bits per heavy atom. The highest BCUT2D eigenvalue weighted by molar-refractivity contribution is 6.82. The van der Waals surface area contributed by atoms with Crippen molar-refractivity contribution in [3.63, 3.8) is 0 Å². The van der Waals surface area contributed by atoms with Crippen LogP contribution in [0.4, 0.5) is 5.69 Å². The Balaban J connectivity index is 2.75. The van der Waals surface area contributed by atoms with E-state index in [2.05, 4.69) is 15.3 Å². The van der Waals surface area contributed by atoms with E-state index in [1.807, 2.05) is 0 Å². The molecule has 0 aliphatic rings. The number of nitrogens with zero attached hydrogens (tertiary/aromatic N) is 1. The molecule has 0 amide bonds. The molecular formula is C10H9Cl3N2O2. The number of ether oxygens (including phenoxy) is 1. The van der Waals surface area contributed by atoms with Crippen LogP contribution in [0.25, 0.3) is 0 Å². The number of carbonyl (C=O) groups is 1. The van der Waals surface area contributed by atoms with Crippen molar-refractivity contribution in [2.75, 3.05) is 12.0 Å². The van der Waals surface area contributed by atoms with Gasteiger partial charge >= 0.3 is 5.97 Å². The summed E-state index contributed by atoms with van der Waals surface area (Å²) in [5.41, 5.74) is 2.98. The van der Waals surface area contributed by atoms with E-state index >= 15 is 0 Å². The predicted octanol–water partition coefficient (Wildman–Crippen LogP) is 3.52. The number of anilines is 1. The molecule has 0 aliphatic carbocycles. The third-order valence-electron chi connectivity index (χ3n) is 1.65. The number of nitrogens with one attached hydrogen (secondary N) is 1. The zero-order valence-electron chi connectivity index (χ0n) is 8.84. The Hall–Kier alpha value is -0.970. The lowest BCUT2D eigenvalue weighted by Gasteiger charge is -2.04. The first-order valence-electron chi connectivity index (χ1n) is 4.66. The molecule has 0 spiro atoms. The van der Waals surface area contributed by atoms with Crippen molar-refractivity contribution in [3.05, 3.63) is 28.2 Å². The Bertz CT molecular complexity index is 449. The maximum Gasteiger partial charge on any atom is 0.370 e. The molecule has 0 heterocycles. The zero-order chi connectivity index (χ0) is 12.8. The van der Waals surface area contributed by atoms with Crippen molar-refractivity contribution < 1.29 is 9.53 Å². The Morgan fingerprint density at radius 2 is 2.18 bits per heavy atom. The highest BCUT2D eigenvalue weighted by Crippen LogP contribution is 2.25. The molecule has 4 nitrogen and oxygen atoms in total. The smallest absolute Gasteiger partial charge is 0.370 e. The minimum Gasteiger partial charge on any atom is -0.461 e.